The van der Waals surface area contributed by atoms with Crippen molar-refractivity contribution in [3.05, 3.63) is 36.9 Å². The van der Waals surface area contributed by atoms with Gasteiger partial charge in [0.2, 0.25) is 5.95 Å². The number of anilines is 1. The number of nitrogens with zero attached hydrogens (tertiary/aromatic N) is 3. The second-order valence-corrected chi connectivity index (χ2v) is 3.61. The highest BCUT2D eigenvalue weighted by atomic mass is 15.2. The van der Waals surface area contributed by atoms with Crippen molar-refractivity contribution in [2.75, 3.05) is 11.9 Å². The number of unbranched alkanes of at least 4 members (excludes halogenated alkanes) is 1. The molecule has 0 radical (unpaired) electrons. The fourth-order valence-electron chi connectivity index (χ4n) is 1.52. The smallest absolute Gasteiger partial charge is 0.207 e. The molecule has 0 amide bonds. The molecule has 2 heterocycles. The first-order chi connectivity index (χ1) is 7.92. The molecular weight excluding hydrogens is 200 g/mol. The first-order valence-corrected chi connectivity index (χ1v) is 5.59. The van der Waals surface area contributed by atoms with E-state index in [1.165, 1.54) is 6.42 Å². The summed E-state index contributed by atoms with van der Waals surface area (Å²) >= 11 is 0. The lowest BCUT2D eigenvalue weighted by molar-refractivity contribution is 0.823. The summed E-state index contributed by atoms with van der Waals surface area (Å²) in [4.78, 5) is 8.39. The fraction of sp³-hybridized carbons (Fsp3) is 0.333. The van der Waals surface area contributed by atoms with E-state index in [0.717, 1.165) is 24.6 Å². The van der Waals surface area contributed by atoms with Crippen molar-refractivity contribution >= 4 is 5.95 Å². The molecular formula is C12H16N4. The van der Waals surface area contributed by atoms with Crippen molar-refractivity contribution in [2.45, 2.75) is 19.8 Å². The van der Waals surface area contributed by atoms with Gasteiger partial charge in [0.25, 0.3) is 0 Å². The van der Waals surface area contributed by atoms with Crippen LogP contribution in [0.5, 0.6) is 0 Å². The predicted molar refractivity (Wildman–Crippen MR) is 64.8 cm³/mol. The van der Waals surface area contributed by atoms with Crippen LogP contribution in [0.2, 0.25) is 0 Å². The maximum absolute atomic E-state index is 4.29. The molecule has 0 saturated carbocycles. The molecule has 1 N–H and O–H groups in total. The largest absolute Gasteiger partial charge is 0.355 e. The summed E-state index contributed by atoms with van der Waals surface area (Å²) in [5, 5.41) is 3.32. The van der Waals surface area contributed by atoms with Crippen molar-refractivity contribution in [1.29, 1.82) is 0 Å². The first-order valence-electron chi connectivity index (χ1n) is 5.59. The van der Waals surface area contributed by atoms with Crippen LogP contribution >= 0.6 is 0 Å². The lowest BCUT2D eigenvalue weighted by Crippen LogP contribution is -2.07. The van der Waals surface area contributed by atoms with Crippen LogP contribution in [0.15, 0.2) is 36.9 Å². The van der Waals surface area contributed by atoms with Gasteiger partial charge in [-0.25, -0.2) is 4.98 Å². The molecule has 0 spiro atoms. The minimum atomic E-state index is 0.876. The zero-order chi connectivity index (χ0) is 11.2. The Bertz CT molecular complexity index is 422. The van der Waals surface area contributed by atoms with E-state index in [1.807, 2.05) is 29.1 Å². The molecule has 0 aliphatic heterocycles. The minimum absolute atomic E-state index is 0.876. The number of rotatable bonds is 5. The summed E-state index contributed by atoms with van der Waals surface area (Å²) in [7, 11) is 0. The predicted octanol–water partition coefficient (Wildman–Crippen LogP) is 2.48. The summed E-state index contributed by atoms with van der Waals surface area (Å²) in [6.07, 6.45) is 9.66. The molecule has 0 aliphatic rings. The van der Waals surface area contributed by atoms with Gasteiger partial charge in [0.05, 0.1) is 11.9 Å². The van der Waals surface area contributed by atoms with E-state index in [0.29, 0.717) is 0 Å². The molecule has 0 aliphatic carbocycles. The Morgan fingerprint density at radius 1 is 1.38 bits per heavy atom. The van der Waals surface area contributed by atoms with Crippen molar-refractivity contribution in [3.8, 4) is 5.69 Å². The van der Waals surface area contributed by atoms with E-state index in [1.54, 1.807) is 12.4 Å². The Morgan fingerprint density at radius 3 is 3.06 bits per heavy atom. The van der Waals surface area contributed by atoms with Crippen LogP contribution in [0, 0.1) is 0 Å². The standard InChI is InChI=1S/C12H16N4/c1-2-3-7-14-12-15-8-9-16(12)11-5-4-6-13-10-11/h4-6,8-10H,2-3,7H2,1H3,(H,14,15). The maximum atomic E-state index is 4.29. The Kier molecular flexibility index (Phi) is 3.53. The number of aromatic nitrogens is 3. The van der Waals surface area contributed by atoms with E-state index in [4.69, 9.17) is 0 Å². The average molecular weight is 216 g/mol. The number of hydrogen-bond donors (Lipinski definition) is 1. The molecule has 0 saturated heterocycles. The highest BCUT2D eigenvalue weighted by Gasteiger charge is 2.03. The van der Waals surface area contributed by atoms with E-state index >= 15 is 0 Å². The number of imidazole rings is 1. The average Bonchev–Trinajstić information content (AvgIpc) is 2.79. The topological polar surface area (TPSA) is 42.7 Å². The van der Waals surface area contributed by atoms with Gasteiger partial charge in [0.15, 0.2) is 0 Å². The minimum Gasteiger partial charge on any atom is -0.355 e. The Balaban J connectivity index is 2.13. The van der Waals surface area contributed by atoms with E-state index in [9.17, 15) is 0 Å². The van der Waals surface area contributed by atoms with E-state index < -0.39 is 0 Å². The monoisotopic (exact) mass is 216 g/mol. The number of nitrogens with one attached hydrogen (secondary N) is 1. The van der Waals surface area contributed by atoms with Gasteiger partial charge in [-0.2, -0.15) is 0 Å². The number of hydrogen-bond acceptors (Lipinski definition) is 3. The Morgan fingerprint density at radius 2 is 2.31 bits per heavy atom. The van der Waals surface area contributed by atoms with Crippen molar-refractivity contribution in [1.82, 2.24) is 14.5 Å². The Labute approximate surface area is 95.4 Å². The lowest BCUT2D eigenvalue weighted by atomic mass is 10.3. The Hall–Kier alpha value is -1.84. The third kappa shape index (κ3) is 2.39. The molecule has 0 unspecified atom stereocenters. The van der Waals surface area contributed by atoms with Crippen molar-refractivity contribution < 1.29 is 0 Å². The second-order valence-electron chi connectivity index (χ2n) is 3.61. The second kappa shape index (κ2) is 5.30. The molecule has 2 aromatic rings. The third-order valence-corrected chi connectivity index (χ3v) is 2.38. The van der Waals surface area contributed by atoms with Gasteiger partial charge in [-0.3, -0.25) is 9.55 Å². The molecule has 0 fully saturated rings. The van der Waals surface area contributed by atoms with Gasteiger partial charge >= 0.3 is 0 Å². The zero-order valence-electron chi connectivity index (χ0n) is 9.43. The van der Waals surface area contributed by atoms with Crippen molar-refractivity contribution in [3.63, 3.8) is 0 Å². The molecule has 16 heavy (non-hydrogen) atoms. The van der Waals surface area contributed by atoms with E-state index in [-0.39, 0.29) is 0 Å². The third-order valence-electron chi connectivity index (χ3n) is 2.38. The highest BCUT2D eigenvalue weighted by Crippen LogP contribution is 2.12. The van der Waals surface area contributed by atoms with Gasteiger partial charge in [-0.05, 0) is 18.6 Å². The van der Waals surface area contributed by atoms with Crippen molar-refractivity contribution in [2.24, 2.45) is 0 Å². The normalized spacial score (nSPS) is 10.3. The molecule has 2 rings (SSSR count). The number of pyridine rings is 1. The quantitative estimate of drug-likeness (QED) is 0.781. The summed E-state index contributed by atoms with van der Waals surface area (Å²) in [6, 6.07) is 3.94. The van der Waals surface area contributed by atoms with Gasteiger partial charge in [-0.1, -0.05) is 13.3 Å². The molecule has 0 aromatic carbocycles. The zero-order valence-corrected chi connectivity index (χ0v) is 9.43. The highest BCUT2D eigenvalue weighted by molar-refractivity contribution is 5.39. The van der Waals surface area contributed by atoms with Crippen LogP contribution < -0.4 is 5.32 Å². The SMILES string of the molecule is CCCCNc1nccn1-c1cccnc1. The summed E-state index contributed by atoms with van der Waals surface area (Å²) in [5.41, 5.74) is 1.03. The fourth-order valence-corrected chi connectivity index (χ4v) is 1.52. The molecule has 84 valence electrons. The van der Waals surface area contributed by atoms with Crippen LogP contribution in [-0.2, 0) is 0 Å². The summed E-state index contributed by atoms with van der Waals surface area (Å²) in [5.74, 6) is 0.876. The molecule has 4 nitrogen and oxygen atoms in total. The summed E-state index contributed by atoms with van der Waals surface area (Å²) in [6.45, 7) is 3.13. The molecule has 2 aromatic heterocycles. The van der Waals surface area contributed by atoms with Gasteiger partial charge in [-0.15, -0.1) is 0 Å². The van der Waals surface area contributed by atoms with Gasteiger partial charge in [0, 0.05) is 25.1 Å². The van der Waals surface area contributed by atoms with Crippen LogP contribution in [0.4, 0.5) is 5.95 Å². The maximum Gasteiger partial charge on any atom is 0.207 e. The van der Waals surface area contributed by atoms with Crippen LogP contribution in [-0.4, -0.2) is 21.1 Å². The van der Waals surface area contributed by atoms with Crippen LogP contribution in [0.25, 0.3) is 5.69 Å². The van der Waals surface area contributed by atoms with E-state index in [2.05, 4.69) is 22.2 Å². The molecule has 4 heteroatoms. The van der Waals surface area contributed by atoms with Gasteiger partial charge in [0.1, 0.15) is 0 Å². The van der Waals surface area contributed by atoms with Crippen LogP contribution in [0.3, 0.4) is 0 Å². The van der Waals surface area contributed by atoms with Crippen LogP contribution in [0.1, 0.15) is 19.8 Å². The first kappa shape index (κ1) is 10.7. The lowest BCUT2D eigenvalue weighted by Gasteiger charge is -2.08. The molecule has 0 bridgehead atoms. The summed E-state index contributed by atoms with van der Waals surface area (Å²) < 4.78 is 2.00. The molecule has 0 atom stereocenters. The van der Waals surface area contributed by atoms with Gasteiger partial charge < -0.3 is 5.32 Å².